The number of amides is 2. The van der Waals surface area contributed by atoms with Crippen LogP contribution in [0.15, 0.2) is 6.07 Å². The zero-order valence-corrected chi connectivity index (χ0v) is 13.7. The predicted octanol–water partition coefficient (Wildman–Crippen LogP) is 1.26. The molecule has 1 saturated carbocycles. The van der Waals surface area contributed by atoms with Gasteiger partial charge < -0.3 is 15.0 Å². The fraction of sp³-hybridized carbons (Fsp3) is 0.688. The average Bonchev–Trinajstić information content (AvgIpc) is 3.17. The molecule has 2 fully saturated rings. The number of carbonyl (C=O) groups excluding carboxylic acids is 2. The highest BCUT2D eigenvalue weighted by molar-refractivity contribution is 5.96. The van der Waals surface area contributed by atoms with Crippen LogP contribution >= 0.6 is 0 Å². The number of morpholine rings is 1. The highest BCUT2D eigenvalue weighted by Crippen LogP contribution is 2.34. The molecule has 1 saturated heterocycles. The Morgan fingerprint density at radius 3 is 2.78 bits per heavy atom. The summed E-state index contributed by atoms with van der Waals surface area (Å²) in [5.74, 6) is 0.843. The number of rotatable bonds is 3. The molecule has 1 N–H and O–H groups in total. The minimum Gasteiger partial charge on any atom is -0.377 e. The van der Waals surface area contributed by atoms with Gasteiger partial charge in [-0.1, -0.05) is 12.8 Å². The van der Waals surface area contributed by atoms with Crippen molar-refractivity contribution in [2.24, 2.45) is 7.05 Å². The van der Waals surface area contributed by atoms with Crippen molar-refractivity contribution in [3.8, 4) is 0 Å². The van der Waals surface area contributed by atoms with Crippen LogP contribution in [0.1, 0.15) is 44.2 Å². The second-order valence-corrected chi connectivity index (χ2v) is 6.35. The van der Waals surface area contributed by atoms with Crippen molar-refractivity contribution in [2.45, 2.75) is 44.6 Å². The largest absolute Gasteiger partial charge is 0.377 e. The Labute approximate surface area is 136 Å². The van der Waals surface area contributed by atoms with Gasteiger partial charge in [0.05, 0.1) is 18.9 Å². The number of anilines is 1. The van der Waals surface area contributed by atoms with E-state index in [1.165, 1.54) is 32.6 Å². The van der Waals surface area contributed by atoms with Gasteiger partial charge in [-0.3, -0.25) is 14.3 Å². The lowest BCUT2D eigenvalue weighted by Crippen LogP contribution is -2.53. The second-order valence-electron chi connectivity index (χ2n) is 6.35. The molecule has 2 heterocycles. The molecule has 0 radical (unpaired) electrons. The predicted molar refractivity (Wildman–Crippen MR) is 85.0 cm³/mol. The summed E-state index contributed by atoms with van der Waals surface area (Å²) < 4.78 is 7.06. The first-order valence-corrected chi connectivity index (χ1v) is 8.26. The summed E-state index contributed by atoms with van der Waals surface area (Å²) in [6.07, 6.45) is 4.82. The number of carbonyl (C=O) groups is 2. The molecule has 1 aliphatic heterocycles. The fourth-order valence-corrected chi connectivity index (χ4v) is 3.43. The zero-order valence-electron chi connectivity index (χ0n) is 13.7. The van der Waals surface area contributed by atoms with E-state index in [1.54, 1.807) is 9.58 Å². The van der Waals surface area contributed by atoms with Gasteiger partial charge in [0.2, 0.25) is 5.91 Å². The van der Waals surface area contributed by atoms with Gasteiger partial charge in [-0.15, -0.1) is 0 Å². The number of hydrogen-bond donors (Lipinski definition) is 1. The molecular weight excluding hydrogens is 296 g/mol. The van der Waals surface area contributed by atoms with Gasteiger partial charge in [-0.25, -0.2) is 0 Å². The van der Waals surface area contributed by atoms with Crippen LogP contribution in [0.2, 0.25) is 0 Å². The molecule has 0 aromatic carbocycles. The highest BCUT2D eigenvalue weighted by Gasteiger charge is 2.32. The third-order valence-corrected chi connectivity index (χ3v) is 4.76. The molecule has 3 rings (SSSR count). The molecule has 0 spiro atoms. The number of aromatic nitrogens is 2. The Kier molecular flexibility index (Phi) is 4.66. The molecule has 7 heteroatoms. The third kappa shape index (κ3) is 3.39. The van der Waals surface area contributed by atoms with Crippen LogP contribution in [0.25, 0.3) is 0 Å². The van der Waals surface area contributed by atoms with E-state index in [0.717, 1.165) is 5.69 Å². The Balaban J connectivity index is 1.70. The van der Waals surface area contributed by atoms with Crippen molar-refractivity contribution in [1.82, 2.24) is 14.7 Å². The lowest BCUT2D eigenvalue weighted by atomic mass is 10.0. The summed E-state index contributed by atoms with van der Waals surface area (Å²) in [6, 6.07) is 1.38. The van der Waals surface area contributed by atoms with Crippen molar-refractivity contribution in [1.29, 1.82) is 0 Å². The third-order valence-electron chi connectivity index (χ3n) is 4.76. The first kappa shape index (κ1) is 16.0. The van der Waals surface area contributed by atoms with Crippen molar-refractivity contribution in [3.05, 3.63) is 11.8 Å². The summed E-state index contributed by atoms with van der Waals surface area (Å²) >= 11 is 0. The molecule has 2 aliphatic rings. The van der Waals surface area contributed by atoms with Crippen molar-refractivity contribution >= 4 is 17.6 Å². The van der Waals surface area contributed by atoms with E-state index >= 15 is 0 Å². The average molecular weight is 320 g/mol. The first-order chi connectivity index (χ1) is 11.1. The Hall–Kier alpha value is -1.89. The standard InChI is InChI=1S/C16H24N4O3/c1-11(21)20-7-8-23-10-14(20)16(22)17-15-9-13(18-19(15)2)12-5-3-4-6-12/h9,12,14H,3-8,10H2,1-2H3,(H,17,22). The van der Waals surface area contributed by atoms with Crippen LogP contribution in [0.3, 0.4) is 0 Å². The maximum Gasteiger partial charge on any atom is 0.250 e. The Morgan fingerprint density at radius 2 is 2.09 bits per heavy atom. The van der Waals surface area contributed by atoms with Crippen LogP contribution in [0, 0.1) is 0 Å². The number of nitrogens with zero attached hydrogens (tertiary/aromatic N) is 3. The smallest absolute Gasteiger partial charge is 0.250 e. The van der Waals surface area contributed by atoms with E-state index in [1.807, 2.05) is 13.1 Å². The minimum atomic E-state index is -0.578. The normalized spacial score (nSPS) is 22.3. The minimum absolute atomic E-state index is 0.106. The maximum atomic E-state index is 12.5. The molecular formula is C16H24N4O3. The van der Waals surface area contributed by atoms with Crippen molar-refractivity contribution in [2.75, 3.05) is 25.1 Å². The molecule has 1 aromatic rings. The Morgan fingerprint density at radius 1 is 1.35 bits per heavy atom. The van der Waals surface area contributed by atoms with E-state index in [4.69, 9.17) is 4.74 Å². The lowest BCUT2D eigenvalue weighted by molar-refractivity contribution is -0.144. The lowest BCUT2D eigenvalue weighted by Gasteiger charge is -2.33. The van der Waals surface area contributed by atoms with Crippen LogP contribution in [0.5, 0.6) is 0 Å². The zero-order chi connectivity index (χ0) is 16.4. The van der Waals surface area contributed by atoms with Crippen molar-refractivity contribution < 1.29 is 14.3 Å². The van der Waals surface area contributed by atoms with Gasteiger partial charge >= 0.3 is 0 Å². The summed E-state index contributed by atoms with van der Waals surface area (Å²) in [7, 11) is 1.83. The SMILES string of the molecule is CC(=O)N1CCOCC1C(=O)Nc1cc(C2CCCC2)nn1C. The molecule has 0 bridgehead atoms. The maximum absolute atomic E-state index is 12.5. The monoisotopic (exact) mass is 320 g/mol. The van der Waals surface area contributed by atoms with Gasteiger partial charge in [0.15, 0.2) is 0 Å². The topological polar surface area (TPSA) is 76.5 Å². The van der Waals surface area contributed by atoms with Gasteiger partial charge in [0.25, 0.3) is 5.91 Å². The quantitative estimate of drug-likeness (QED) is 0.910. The molecule has 1 atom stereocenters. The van der Waals surface area contributed by atoms with Crippen molar-refractivity contribution in [3.63, 3.8) is 0 Å². The number of aryl methyl sites for hydroxylation is 1. The van der Waals surface area contributed by atoms with Crippen LogP contribution in [0.4, 0.5) is 5.82 Å². The fourth-order valence-electron chi connectivity index (χ4n) is 3.43. The molecule has 1 aliphatic carbocycles. The molecule has 23 heavy (non-hydrogen) atoms. The van der Waals surface area contributed by atoms with E-state index in [9.17, 15) is 9.59 Å². The van der Waals surface area contributed by atoms with Crippen LogP contribution in [-0.4, -0.2) is 52.3 Å². The molecule has 126 valence electrons. The Bertz CT molecular complexity index is 592. The summed E-state index contributed by atoms with van der Waals surface area (Å²) in [4.78, 5) is 25.8. The van der Waals surface area contributed by atoms with Gasteiger partial charge in [-0.05, 0) is 12.8 Å². The number of nitrogens with one attached hydrogen (secondary N) is 1. The molecule has 1 unspecified atom stereocenters. The highest BCUT2D eigenvalue weighted by atomic mass is 16.5. The van der Waals surface area contributed by atoms with Crippen LogP contribution in [-0.2, 0) is 21.4 Å². The van der Waals surface area contributed by atoms with Crippen LogP contribution < -0.4 is 5.32 Å². The van der Waals surface area contributed by atoms with E-state index < -0.39 is 6.04 Å². The molecule has 7 nitrogen and oxygen atoms in total. The van der Waals surface area contributed by atoms with Gasteiger partial charge in [0, 0.05) is 32.5 Å². The molecule has 1 aromatic heterocycles. The summed E-state index contributed by atoms with van der Waals surface area (Å²) in [5, 5.41) is 7.43. The van der Waals surface area contributed by atoms with Gasteiger partial charge in [0.1, 0.15) is 11.9 Å². The number of hydrogen-bond acceptors (Lipinski definition) is 4. The summed E-state index contributed by atoms with van der Waals surface area (Å²) in [5.41, 5.74) is 1.05. The van der Waals surface area contributed by atoms with Gasteiger partial charge in [-0.2, -0.15) is 5.10 Å². The number of ether oxygens (including phenoxy) is 1. The van der Waals surface area contributed by atoms with E-state index in [2.05, 4.69) is 10.4 Å². The first-order valence-electron chi connectivity index (χ1n) is 8.26. The summed E-state index contributed by atoms with van der Waals surface area (Å²) in [6.45, 7) is 2.64. The second kappa shape index (κ2) is 6.70. The molecule has 2 amide bonds. The van der Waals surface area contributed by atoms with E-state index in [-0.39, 0.29) is 18.4 Å². The van der Waals surface area contributed by atoms with E-state index in [0.29, 0.717) is 24.9 Å².